The second-order valence-electron chi connectivity index (χ2n) is 6.11. The van der Waals surface area contributed by atoms with Gasteiger partial charge < -0.3 is 10.1 Å². The highest BCUT2D eigenvalue weighted by atomic mass is 16.6. The number of nitrogens with one attached hydrogen (secondary N) is 1. The van der Waals surface area contributed by atoms with E-state index in [2.05, 4.69) is 41.5 Å². The highest BCUT2D eigenvalue weighted by Crippen LogP contribution is 2.34. The highest BCUT2D eigenvalue weighted by molar-refractivity contribution is 5.55. The van der Waals surface area contributed by atoms with Gasteiger partial charge in [-0.25, -0.2) is 4.98 Å². The molecule has 126 valence electrons. The molecule has 1 N–H and O–H groups in total. The summed E-state index contributed by atoms with van der Waals surface area (Å²) in [4.78, 5) is 14.8. The molecule has 0 saturated carbocycles. The normalized spacial score (nSPS) is 20.5. The quantitative estimate of drug-likeness (QED) is 0.666. The zero-order chi connectivity index (χ0) is 16.9. The molecule has 6 heteroatoms. The van der Waals surface area contributed by atoms with E-state index in [9.17, 15) is 10.1 Å². The summed E-state index contributed by atoms with van der Waals surface area (Å²) in [5.74, 6) is 0.568. The van der Waals surface area contributed by atoms with E-state index in [4.69, 9.17) is 4.74 Å². The van der Waals surface area contributed by atoms with Gasteiger partial charge in [0.2, 0.25) is 5.82 Å². The minimum Gasteiger partial charge on any atom is -0.373 e. The lowest BCUT2D eigenvalue weighted by Gasteiger charge is -2.32. The SMILES string of the molecule is Cc1ccc(C2OCCCC2CNc2ncccc2[N+](=O)[O-])cc1. The second-order valence-corrected chi connectivity index (χ2v) is 6.11. The molecular weight excluding hydrogens is 306 g/mol. The van der Waals surface area contributed by atoms with Crippen molar-refractivity contribution in [1.82, 2.24) is 4.98 Å². The number of rotatable bonds is 5. The maximum atomic E-state index is 11.1. The maximum absolute atomic E-state index is 11.1. The van der Waals surface area contributed by atoms with Gasteiger partial charge in [-0.2, -0.15) is 0 Å². The molecule has 0 radical (unpaired) electrons. The Morgan fingerprint density at radius 3 is 2.88 bits per heavy atom. The fourth-order valence-electron chi connectivity index (χ4n) is 3.09. The average Bonchev–Trinajstić information content (AvgIpc) is 2.61. The van der Waals surface area contributed by atoms with Gasteiger partial charge >= 0.3 is 5.69 Å². The van der Waals surface area contributed by atoms with Crippen LogP contribution in [0.4, 0.5) is 11.5 Å². The van der Waals surface area contributed by atoms with Crippen molar-refractivity contribution in [3.8, 4) is 0 Å². The van der Waals surface area contributed by atoms with Crippen molar-refractivity contribution in [2.75, 3.05) is 18.5 Å². The molecule has 1 fully saturated rings. The van der Waals surface area contributed by atoms with Crippen LogP contribution in [-0.2, 0) is 4.74 Å². The minimum absolute atomic E-state index is 0.00103. The number of aryl methyl sites for hydroxylation is 1. The summed E-state index contributed by atoms with van der Waals surface area (Å²) in [5.41, 5.74) is 2.37. The number of benzene rings is 1. The monoisotopic (exact) mass is 327 g/mol. The first-order valence-corrected chi connectivity index (χ1v) is 8.16. The van der Waals surface area contributed by atoms with Crippen molar-refractivity contribution in [2.45, 2.75) is 25.9 Å². The number of hydrogen-bond acceptors (Lipinski definition) is 5. The number of nitrogens with zero attached hydrogens (tertiary/aromatic N) is 2. The Labute approximate surface area is 141 Å². The van der Waals surface area contributed by atoms with Crippen molar-refractivity contribution in [1.29, 1.82) is 0 Å². The van der Waals surface area contributed by atoms with Gasteiger partial charge in [0, 0.05) is 31.3 Å². The molecule has 2 unspecified atom stereocenters. The van der Waals surface area contributed by atoms with Gasteiger partial charge in [0.1, 0.15) is 0 Å². The first-order chi connectivity index (χ1) is 11.6. The number of hydrogen-bond donors (Lipinski definition) is 1. The van der Waals surface area contributed by atoms with E-state index in [0.717, 1.165) is 25.0 Å². The molecule has 3 rings (SSSR count). The predicted molar refractivity (Wildman–Crippen MR) is 92.0 cm³/mol. The van der Waals surface area contributed by atoms with Gasteiger partial charge in [0.05, 0.1) is 11.0 Å². The van der Waals surface area contributed by atoms with Crippen LogP contribution >= 0.6 is 0 Å². The lowest BCUT2D eigenvalue weighted by Crippen LogP contribution is -2.28. The Morgan fingerprint density at radius 2 is 2.12 bits per heavy atom. The van der Waals surface area contributed by atoms with Crippen LogP contribution < -0.4 is 5.32 Å². The summed E-state index contributed by atoms with van der Waals surface area (Å²) in [6.07, 6.45) is 3.59. The Morgan fingerprint density at radius 1 is 1.33 bits per heavy atom. The van der Waals surface area contributed by atoms with E-state index in [1.165, 1.54) is 11.6 Å². The smallest absolute Gasteiger partial charge is 0.311 e. The zero-order valence-electron chi connectivity index (χ0n) is 13.6. The largest absolute Gasteiger partial charge is 0.373 e. The summed E-state index contributed by atoms with van der Waals surface area (Å²) in [7, 11) is 0. The molecular formula is C18H21N3O3. The number of pyridine rings is 1. The summed E-state index contributed by atoms with van der Waals surface area (Å²) < 4.78 is 5.99. The highest BCUT2D eigenvalue weighted by Gasteiger charge is 2.28. The van der Waals surface area contributed by atoms with Crippen LogP contribution in [0.25, 0.3) is 0 Å². The van der Waals surface area contributed by atoms with Crippen LogP contribution in [0.2, 0.25) is 0 Å². The first kappa shape index (κ1) is 16.4. The third-order valence-electron chi connectivity index (χ3n) is 4.37. The maximum Gasteiger partial charge on any atom is 0.311 e. The van der Waals surface area contributed by atoms with Crippen molar-refractivity contribution in [3.05, 3.63) is 63.8 Å². The predicted octanol–water partition coefficient (Wildman–Crippen LogP) is 3.88. The van der Waals surface area contributed by atoms with E-state index >= 15 is 0 Å². The van der Waals surface area contributed by atoms with Gasteiger partial charge in [-0.3, -0.25) is 10.1 Å². The van der Waals surface area contributed by atoms with E-state index in [1.807, 2.05) is 0 Å². The van der Waals surface area contributed by atoms with E-state index in [-0.39, 0.29) is 17.7 Å². The summed E-state index contributed by atoms with van der Waals surface area (Å²) in [6.45, 7) is 3.40. The molecule has 1 aromatic carbocycles. The summed E-state index contributed by atoms with van der Waals surface area (Å²) >= 11 is 0. The Balaban J connectivity index is 1.73. The van der Waals surface area contributed by atoms with Gasteiger partial charge in [-0.05, 0) is 31.4 Å². The molecule has 0 amide bonds. The summed E-state index contributed by atoms with van der Waals surface area (Å²) in [5, 5.41) is 14.2. The fraction of sp³-hybridized carbons (Fsp3) is 0.389. The molecule has 1 aromatic heterocycles. The molecule has 0 spiro atoms. The van der Waals surface area contributed by atoms with Gasteiger partial charge in [0.15, 0.2) is 0 Å². The Bertz CT molecular complexity index is 703. The van der Waals surface area contributed by atoms with Gasteiger partial charge in [-0.1, -0.05) is 29.8 Å². The third-order valence-corrected chi connectivity index (χ3v) is 4.37. The van der Waals surface area contributed by atoms with Crippen LogP contribution in [0, 0.1) is 23.0 Å². The van der Waals surface area contributed by atoms with Gasteiger partial charge in [0.25, 0.3) is 0 Å². The summed E-state index contributed by atoms with van der Waals surface area (Å²) in [6, 6.07) is 11.4. The minimum atomic E-state index is -0.413. The van der Waals surface area contributed by atoms with Gasteiger partial charge in [-0.15, -0.1) is 0 Å². The Hall–Kier alpha value is -2.47. The molecule has 0 aliphatic carbocycles. The number of aromatic nitrogens is 1. The zero-order valence-corrected chi connectivity index (χ0v) is 13.6. The fourth-order valence-corrected chi connectivity index (χ4v) is 3.09. The average molecular weight is 327 g/mol. The molecule has 24 heavy (non-hydrogen) atoms. The lowest BCUT2D eigenvalue weighted by atomic mass is 9.89. The molecule has 1 aliphatic rings. The molecule has 0 bridgehead atoms. The third kappa shape index (κ3) is 3.71. The van der Waals surface area contributed by atoms with Crippen molar-refractivity contribution in [3.63, 3.8) is 0 Å². The number of nitro groups is 1. The van der Waals surface area contributed by atoms with Crippen molar-refractivity contribution in [2.24, 2.45) is 5.92 Å². The standard InChI is InChI=1S/C18H21N3O3/c1-13-6-8-14(9-7-13)17-15(4-3-11-24-17)12-20-18-16(21(22)23)5-2-10-19-18/h2,5-10,15,17H,3-4,11-12H2,1H3,(H,19,20). The Kier molecular flexibility index (Phi) is 5.05. The first-order valence-electron chi connectivity index (χ1n) is 8.16. The van der Waals surface area contributed by atoms with E-state index in [0.29, 0.717) is 12.4 Å². The topological polar surface area (TPSA) is 77.3 Å². The molecule has 2 heterocycles. The van der Waals surface area contributed by atoms with Crippen LogP contribution in [0.1, 0.15) is 30.1 Å². The molecule has 2 atom stereocenters. The molecule has 2 aromatic rings. The van der Waals surface area contributed by atoms with Crippen molar-refractivity contribution < 1.29 is 9.66 Å². The molecule has 1 aliphatic heterocycles. The number of anilines is 1. The molecule has 6 nitrogen and oxygen atoms in total. The molecule has 1 saturated heterocycles. The second kappa shape index (κ2) is 7.40. The van der Waals surface area contributed by atoms with Crippen LogP contribution in [0.3, 0.4) is 0 Å². The van der Waals surface area contributed by atoms with E-state index < -0.39 is 4.92 Å². The van der Waals surface area contributed by atoms with Crippen molar-refractivity contribution >= 4 is 11.5 Å². The van der Waals surface area contributed by atoms with Crippen LogP contribution in [0.5, 0.6) is 0 Å². The van der Waals surface area contributed by atoms with Crippen LogP contribution in [0.15, 0.2) is 42.6 Å². The van der Waals surface area contributed by atoms with E-state index in [1.54, 1.807) is 12.3 Å². The lowest BCUT2D eigenvalue weighted by molar-refractivity contribution is -0.384. The number of ether oxygens (including phenoxy) is 1. The van der Waals surface area contributed by atoms with Crippen LogP contribution in [-0.4, -0.2) is 23.1 Å².